The zero-order valence-electron chi connectivity index (χ0n) is 18.6. The van der Waals surface area contributed by atoms with Gasteiger partial charge in [0.25, 0.3) is 0 Å². The Balaban J connectivity index is 1.47. The fourth-order valence-electron chi connectivity index (χ4n) is 3.95. The lowest BCUT2D eigenvalue weighted by Gasteiger charge is -2.33. The third-order valence-corrected chi connectivity index (χ3v) is 6.14. The van der Waals surface area contributed by atoms with E-state index in [9.17, 15) is 0 Å². The summed E-state index contributed by atoms with van der Waals surface area (Å²) in [7, 11) is 2.11. The number of aromatic nitrogens is 6. The molecule has 0 unspecified atom stereocenters. The highest BCUT2D eigenvalue weighted by molar-refractivity contribution is 6.32. The van der Waals surface area contributed by atoms with Crippen LogP contribution in [0.2, 0.25) is 5.15 Å². The van der Waals surface area contributed by atoms with Crippen molar-refractivity contribution in [3.05, 3.63) is 23.7 Å². The average molecular weight is 471 g/mol. The Morgan fingerprint density at radius 2 is 1.82 bits per heavy atom. The first-order chi connectivity index (χ1) is 16.2. The van der Waals surface area contributed by atoms with Gasteiger partial charge >= 0.3 is 0 Å². The molecule has 0 saturated carbocycles. The summed E-state index contributed by atoms with van der Waals surface area (Å²) >= 11 is 6.60. The number of nitrogens with one attached hydrogen (secondary N) is 1. The summed E-state index contributed by atoms with van der Waals surface area (Å²) in [6.45, 7) is 8.52. The summed E-state index contributed by atoms with van der Waals surface area (Å²) in [5, 5.41) is 3.77. The molecule has 0 atom stereocenters. The Morgan fingerprint density at radius 3 is 2.58 bits per heavy atom. The molecule has 0 amide bonds. The number of ether oxygens (including phenoxy) is 1. The average Bonchev–Trinajstić information content (AvgIpc) is 2.85. The van der Waals surface area contributed by atoms with Crippen molar-refractivity contribution in [3.63, 3.8) is 0 Å². The molecule has 0 spiro atoms. The van der Waals surface area contributed by atoms with Crippen molar-refractivity contribution < 1.29 is 4.74 Å². The van der Waals surface area contributed by atoms with Gasteiger partial charge in [0.05, 0.1) is 19.4 Å². The highest BCUT2D eigenvalue weighted by Crippen LogP contribution is 2.29. The molecule has 2 aliphatic rings. The third kappa shape index (κ3) is 5.11. The zero-order valence-corrected chi connectivity index (χ0v) is 19.4. The number of anilines is 2. The zero-order chi connectivity index (χ0) is 22.6. The minimum atomic E-state index is 0.360. The molecule has 174 valence electrons. The van der Waals surface area contributed by atoms with Crippen molar-refractivity contribution in [2.45, 2.75) is 0 Å². The summed E-state index contributed by atoms with van der Waals surface area (Å²) in [5.74, 6) is 1.69. The second kappa shape index (κ2) is 10.0. The molecule has 3 aromatic rings. The number of hydrogen-bond donors (Lipinski definition) is 1. The van der Waals surface area contributed by atoms with Crippen LogP contribution in [-0.4, -0.2) is 112 Å². The van der Waals surface area contributed by atoms with Crippen molar-refractivity contribution in [1.29, 1.82) is 0 Å². The van der Waals surface area contributed by atoms with Crippen molar-refractivity contribution in [1.82, 2.24) is 39.7 Å². The summed E-state index contributed by atoms with van der Waals surface area (Å²) in [6, 6.07) is 0. The number of rotatable bonds is 6. The SMILES string of the molecule is CN1CCN(c2nc3nc(-c4cnccn4)nc(NCCN4CCOCC4)c3nc2Cl)CC1. The van der Waals surface area contributed by atoms with E-state index >= 15 is 0 Å². The van der Waals surface area contributed by atoms with Crippen molar-refractivity contribution in [2.24, 2.45) is 0 Å². The molecule has 0 aromatic carbocycles. The summed E-state index contributed by atoms with van der Waals surface area (Å²) < 4.78 is 5.43. The van der Waals surface area contributed by atoms with Gasteiger partial charge in [-0.1, -0.05) is 11.6 Å². The van der Waals surface area contributed by atoms with Gasteiger partial charge < -0.3 is 19.9 Å². The normalized spacial score (nSPS) is 18.1. The maximum absolute atomic E-state index is 6.60. The minimum absolute atomic E-state index is 0.360. The van der Waals surface area contributed by atoms with Crippen LogP contribution < -0.4 is 10.2 Å². The van der Waals surface area contributed by atoms with Gasteiger partial charge in [0.15, 0.2) is 33.8 Å². The van der Waals surface area contributed by atoms with Gasteiger partial charge in [-0.25, -0.2) is 24.9 Å². The summed E-state index contributed by atoms with van der Waals surface area (Å²) in [4.78, 5) is 34.1. The van der Waals surface area contributed by atoms with Crippen LogP contribution in [0.5, 0.6) is 0 Å². The first-order valence-electron chi connectivity index (χ1n) is 11.2. The lowest BCUT2D eigenvalue weighted by molar-refractivity contribution is 0.0398. The molecular weight excluding hydrogens is 444 g/mol. The summed E-state index contributed by atoms with van der Waals surface area (Å²) in [6.07, 6.45) is 4.89. The number of nitrogens with zero attached hydrogens (tertiary/aromatic N) is 9. The van der Waals surface area contributed by atoms with Crippen LogP contribution in [0.15, 0.2) is 18.6 Å². The molecule has 5 heterocycles. The van der Waals surface area contributed by atoms with Gasteiger partial charge in [-0.05, 0) is 7.05 Å². The molecule has 1 N–H and O–H groups in total. The first-order valence-corrected chi connectivity index (χ1v) is 11.5. The van der Waals surface area contributed by atoms with Crippen LogP contribution in [0.4, 0.5) is 11.6 Å². The highest BCUT2D eigenvalue weighted by atomic mass is 35.5. The minimum Gasteiger partial charge on any atom is -0.379 e. The molecule has 3 aromatic heterocycles. The quantitative estimate of drug-likeness (QED) is 0.557. The fraction of sp³-hybridized carbons (Fsp3) is 0.524. The molecular formula is C21H27ClN10O. The van der Waals surface area contributed by atoms with Crippen LogP contribution in [0.1, 0.15) is 0 Å². The predicted molar refractivity (Wildman–Crippen MR) is 127 cm³/mol. The van der Waals surface area contributed by atoms with Gasteiger partial charge in [-0.15, -0.1) is 0 Å². The molecule has 33 heavy (non-hydrogen) atoms. The predicted octanol–water partition coefficient (Wildman–Crippen LogP) is 1.03. The van der Waals surface area contributed by atoms with E-state index in [2.05, 4.69) is 47.0 Å². The van der Waals surface area contributed by atoms with E-state index in [1.54, 1.807) is 18.6 Å². The van der Waals surface area contributed by atoms with Crippen molar-refractivity contribution in [3.8, 4) is 11.5 Å². The lowest BCUT2D eigenvalue weighted by atomic mass is 10.3. The van der Waals surface area contributed by atoms with Crippen molar-refractivity contribution >= 4 is 34.4 Å². The van der Waals surface area contributed by atoms with Crippen LogP contribution in [-0.2, 0) is 4.74 Å². The van der Waals surface area contributed by atoms with Crippen LogP contribution in [0.3, 0.4) is 0 Å². The molecule has 11 nitrogen and oxygen atoms in total. The van der Waals surface area contributed by atoms with Crippen LogP contribution in [0, 0.1) is 0 Å². The second-order valence-electron chi connectivity index (χ2n) is 8.17. The Morgan fingerprint density at radius 1 is 1.00 bits per heavy atom. The molecule has 0 bridgehead atoms. The monoisotopic (exact) mass is 470 g/mol. The third-order valence-electron chi connectivity index (χ3n) is 5.89. The van der Waals surface area contributed by atoms with E-state index in [1.165, 1.54) is 0 Å². The number of likely N-dealkylation sites (N-methyl/N-ethyl adjacent to an activating group) is 1. The molecule has 5 rings (SSSR count). The number of hydrogen-bond acceptors (Lipinski definition) is 11. The number of piperazine rings is 1. The van der Waals surface area contributed by atoms with E-state index in [0.717, 1.165) is 59.0 Å². The highest BCUT2D eigenvalue weighted by Gasteiger charge is 2.22. The van der Waals surface area contributed by atoms with E-state index in [4.69, 9.17) is 26.3 Å². The topological polar surface area (TPSA) is 108 Å². The van der Waals surface area contributed by atoms with E-state index < -0.39 is 0 Å². The van der Waals surface area contributed by atoms with Crippen LogP contribution >= 0.6 is 11.6 Å². The van der Waals surface area contributed by atoms with E-state index in [0.29, 0.717) is 46.0 Å². The maximum atomic E-state index is 6.60. The smallest absolute Gasteiger partial charge is 0.186 e. The molecule has 0 radical (unpaired) electrons. The molecule has 12 heteroatoms. The summed E-state index contributed by atoms with van der Waals surface area (Å²) in [5.41, 5.74) is 1.61. The standard InChI is InChI=1S/C21H27ClN10O/c1-30-6-8-32(9-7-30)21-17(22)26-16-19(25-4-5-31-10-12-33-13-11-31)27-18(28-20(16)29-21)15-14-23-2-3-24-15/h2-3,14H,4-13H2,1H3,(H,25,27,28,29). The fourth-order valence-corrected chi connectivity index (χ4v) is 4.19. The Kier molecular flexibility index (Phi) is 6.72. The molecule has 2 aliphatic heterocycles. The van der Waals surface area contributed by atoms with Crippen molar-refractivity contribution in [2.75, 3.05) is 82.8 Å². The maximum Gasteiger partial charge on any atom is 0.186 e. The number of halogens is 1. The molecule has 0 aliphatic carbocycles. The second-order valence-corrected chi connectivity index (χ2v) is 8.53. The molecule has 2 fully saturated rings. The Hall–Kier alpha value is -2.73. The van der Waals surface area contributed by atoms with Gasteiger partial charge in [0, 0.05) is 64.8 Å². The van der Waals surface area contributed by atoms with Gasteiger partial charge in [0.2, 0.25) is 0 Å². The largest absolute Gasteiger partial charge is 0.379 e. The number of fused-ring (bicyclic) bond motifs is 1. The lowest BCUT2D eigenvalue weighted by Crippen LogP contribution is -2.45. The first kappa shape index (κ1) is 22.1. The number of morpholine rings is 1. The van der Waals surface area contributed by atoms with Gasteiger partial charge in [0.1, 0.15) is 5.69 Å². The Labute approximate surface area is 197 Å². The molecule has 2 saturated heterocycles. The van der Waals surface area contributed by atoms with Gasteiger partial charge in [-0.2, -0.15) is 0 Å². The van der Waals surface area contributed by atoms with Crippen LogP contribution in [0.25, 0.3) is 22.7 Å². The van der Waals surface area contributed by atoms with E-state index in [1.807, 2.05) is 0 Å². The Bertz CT molecular complexity index is 1090. The van der Waals surface area contributed by atoms with E-state index in [-0.39, 0.29) is 0 Å². The van der Waals surface area contributed by atoms with Gasteiger partial charge in [-0.3, -0.25) is 9.88 Å².